The predicted molar refractivity (Wildman–Crippen MR) is 62.5 cm³/mol. The number of nitrogens with two attached hydrogens (primary N) is 1. The van der Waals surface area contributed by atoms with Gasteiger partial charge in [-0.1, -0.05) is 12.1 Å². The van der Waals surface area contributed by atoms with Crippen LogP contribution in [0.2, 0.25) is 0 Å². The van der Waals surface area contributed by atoms with Crippen molar-refractivity contribution in [2.45, 2.75) is 25.4 Å². The van der Waals surface area contributed by atoms with Crippen molar-refractivity contribution in [3.05, 3.63) is 35.6 Å². The van der Waals surface area contributed by atoms with Gasteiger partial charge in [-0.05, 0) is 30.5 Å². The summed E-state index contributed by atoms with van der Waals surface area (Å²) in [5, 5.41) is 0. The molecule has 0 amide bonds. The Kier molecular flexibility index (Phi) is 3.08. The zero-order chi connectivity index (χ0) is 11.5. The van der Waals surface area contributed by atoms with E-state index in [1.165, 1.54) is 25.0 Å². The maximum absolute atomic E-state index is 12.9. The van der Waals surface area contributed by atoms with Gasteiger partial charge in [0.05, 0.1) is 6.54 Å². The summed E-state index contributed by atoms with van der Waals surface area (Å²) in [5.41, 5.74) is 6.67. The van der Waals surface area contributed by atoms with Crippen LogP contribution in [0.1, 0.15) is 18.4 Å². The van der Waals surface area contributed by atoms with Gasteiger partial charge in [0.2, 0.25) is 0 Å². The zero-order valence-electron chi connectivity index (χ0n) is 9.36. The van der Waals surface area contributed by atoms with Crippen LogP contribution >= 0.6 is 0 Å². The Labute approximate surface area is 94.8 Å². The molecule has 0 radical (unpaired) electrons. The molecule has 0 aliphatic heterocycles. The van der Waals surface area contributed by atoms with E-state index >= 15 is 0 Å². The molecule has 4 heteroatoms. The first-order chi connectivity index (χ1) is 7.66. The minimum atomic E-state index is -0.234. The van der Waals surface area contributed by atoms with Crippen molar-refractivity contribution >= 4 is 5.96 Å². The highest BCUT2D eigenvalue weighted by Crippen LogP contribution is 2.24. The van der Waals surface area contributed by atoms with Gasteiger partial charge in [0.15, 0.2) is 5.96 Å². The largest absolute Gasteiger partial charge is 0.370 e. The van der Waals surface area contributed by atoms with Crippen LogP contribution in [-0.2, 0) is 6.54 Å². The molecule has 0 saturated heterocycles. The number of guanidine groups is 1. The normalized spacial score (nSPS) is 16.2. The van der Waals surface area contributed by atoms with Crippen molar-refractivity contribution in [1.29, 1.82) is 0 Å². The van der Waals surface area contributed by atoms with Crippen molar-refractivity contribution in [2.75, 3.05) is 7.05 Å². The Morgan fingerprint density at radius 2 is 2.31 bits per heavy atom. The molecule has 3 nitrogen and oxygen atoms in total. The van der Waals surface area contributed by atoms with E-state index in [1.807, 2.05) is 18.0 Å². The van der Waals surface area contributed by atoms with Gasteiger partial charge < -0.3 is 10.6 Å². The van der Waals surface area contributed by atoms with Gasteiger partial charge in [0.25, 0.3) is 0 Å². The highest BCUT2D eigenvalue weighted by molar-refractivity contribution is 5.78. The molecule has 16 heavy (non-hydrogen) atoms. The summed E-state index contributed by atoms with van der Waals surface area (Å²) < 4.78 is 12.9. The number of hydrogen-bond acceptors (Lipinski definition) is 1. The molecule has 86 valence electrons. The maximum Gasteiger partial charge on any atom is 0.191 e. The molecule has 0 unspecified atom stereocenters. The van der Waals surface area contributed by atoms with E-state index in [2.05, 4.69) is 4.99 Å². The summed E-state index contributed by atoms with van der Waals surface area (Å²) in [6.45, 7) is 0.431. The van der Waals surface area contributed by atoms with E-state index in [0.29, 0.717) is 18.5 Å². The number of benzene rings is 1. The van der Waals surface area contributed by atoms with Crippen molar-refractivity contribution in [3.63, 3.8) is 0 Å². The fourth-order valence-corrected chi connectivity index (χ4v) is 1.57. The average Bonchev–Trinajstić information content (AvgIpc) is 3.09. The van der Waals surface area contributed by atoms with Crippen LogP contribution in [-0.4, -0.2) is 23.9 Å². The number of halogens is 1. The van der Waals surface area contributed by atoms with Crippen LogP contribution in [0.5, 0.6) is 0 Å². The Bertz CT molecular complexity index is 399. The third-order valence-electron chi connectivity index (χ3n) is 2.77. The number of nitrogens with zero attached hydrogens (tertiary/aromatic N) is 2. The topological polar surface area (TPSA) is 41.6 Å². The lowest BCUT2D eigenvalue weighted by Gasteiger charge is -2.16. The monoisotopic (exact) mass is 221 g/mol. The second-order valence-electron chi connectivity index (χ2n) is 4.15. The molecule has 1 aliphatic carbocycles. The SMILES string of the molecule is CN(C(N)=NCc1cccc(F)c1)C1CC1. The molecule has 0 heterocycles. The molecule has 0 atom stereocenters. The van der Waals surface area contributed by atoms with Crippen molar-refractivity contribution in [1.82, 2.24) is 4.90 Å². The molecule has 2 N–H and O–H groups in total. The second-order valence-corrected chi connectivity index (χ2v) is 4.15. The zero-order valence-corrected chi connectivity index (χ0v) is 9.36. The summed E-state index contributed by atoms with van der Waals surface area (Å²) in [6, 6.07) is 6.98. The van der Waals surface area contributed by atoms with Gasteiger partial charge in [-0.25, -0.2) is 9.38 Å². The van der Waals surface area contributed by atoms with E-state index < -0.39 is 0 Å². The quantitative estimate of drug-likeness (QED) is 0.624. The summed E-state index contributed by atoms with van der Waals surface area (Å²) in [6.07, 6.45) is 2.37. The lowest BCUT2D eigenvalue weighted by Crippen LogP contribution is -2.35. The van der Waals surface area contributed by atoms with Gasteiger partial charge >= 0.3 is 0 Å². The Morgan fingerprint density at radius 3 is 2.94 bits per heavy atom. The standard InChI is InChI=1S/C12H16FN3/c1-16(11-5-6-11)12(14)15-8-9-3-2-4-10(13)7-9/h2-4,7,11H,5-6,8H2,1H3,(H2,14,15). The third kappa shape index (κ3) is 2.72. The smallest absolute Gasteiger partial charge is 0.191 e. The van der Waals surface area contributed by atoms with Crippen LogP contribution in [0, 0.1) is 5.82 Å². The minimum absolute atomic E-state index is 0.234. The van der Waals surface area contributed by atoms with E-state index in [9.17, 15) is 4.39 Å². The minimum Gasteiger partial charge on any atom is -0.370 e. The fourth-order valence-electron chi connectivity index (χ4n) is 1.57. The Morgan fingerprint density at radius 1 is 1.56 bits per heavy atom. The van der Waals surface area contributed by atoms with Gasteiger partial charge in [-0.3, -0.25) is 0 Å². The Balaban J connectivity index is 1.96. The predicted octanol–water partition coefficient (Wildman–Crippen LogP) is 1.73. The highest BCUT2D eigenvalue weighted by Gasteiger charge is 2.27. The lowest BCUT2D eigenvalue weighted by atomic mass is 10.2. The van der Waals surface area contributed by atoms with Gasteiger partial charge in [-0.2, -0.15) is 0 Å². The Hall–Kier alpha value is -1.58. The average molecular weight is 221 g/mol. The molecule has 1 saturated carbocycles. The molecule has 1 fully saturated rings. The molecule has 0 spiro atoms. The van der Waals surface area contributed by atoms with Crippen molar-refractivity contribution < 1.29 is 4.39 Å². The molecular weight excluding hydrogens is 205 g/mol. The van der Waals surface area contributed by atoms with Gasteiger partial charge in [-0.15, -0.1) is 0 Å². The maximum atomic E-state index is 12.9. The first kappa shape index (κ1) is 10.9. The number of hydrogen-bond donors (Lipinski definition) is 1. The van der Waals surface area contributed by atoms with Crippen LogP contribution in [0.4, 0.5) is 4.39 Å². The molecule has 0 bridgehead atoms. The van der Waals surface area contributed by atoms with E-state index in [4.69, 9.17) is 5.73 Å². The molecule has 1 aromatic carbocycles. The van der Waals surface area contributed by atoms with Gasteiger partial charge in [0.1, 0.15) is 5.82 Å². The fraction of sp³-hybridized carbons (Fsp3) is 0.417. The molecule has 1 aliphatic rings. The lowest BCUT2D eigenvalue weighted by molar-refractivity contribution is 0.487. The molecule has 1 aromatic rings. The summed E-state index contributed by atoms with van der Waals surface area (Å²) in [5.74, 6) is 0.300. The van der Waals surface area contributed by atoms with E-state index in [0.717, 1.165) is 5.56 Å². The van der Waals surface area contributed by atoms with E-state index in [1.54, 1.807) is 6.07 Å². The first-order valence-corrected chi connectivity index (χ1v) is 5.44. The van der Waals surface area contributed by atoms with Crippen LogP contribution in [0.15, 0.2) is 29.3 Å². The number of rotatable bonds is 3. The van der Waals surface area contributed by atoms with E-state index in [-0.39, 0.29) is 5.82 Å². The number of aliphatic imine (C=N–C) groups is 1. The molecule has 2 rings (SSSR count). The van der Waals surface area contributed by atoms with Crippen molar-refractivity contribution in [2.24, 2.45) is 10.7 Å². The summed E-state index contributed by atoms with van der Waals surface area (Å²) in [7, 11) is 1.95. The highest BCUT2D eigenvalue weighted by atomic mass is 19.1. The summed E-state index contributed by atoms with van der Waals surface area (Å²) in [4.78, 5) is 6.24. The third-order valence-corrected chi connectivity index (χ3v) is 2.77. The molecular formula is C12H16FN3. The molecule has 0 aromatic heterocycles. The van der Waals surface area contributed by atoms with Crippen molar-refractivity contribution in [3.8, 4) is 0 Å². The summed E-state index contributed by atoms with van der Waals surface area (Å²) >= 11 is 0. The van der Waals surface area contributed by atoms with Crippen LogP contribution < -0.4 is 5.73 Å². The van der Waals surface area contributed by atoms with Gasteiger partial charge in [0, 0.05) is 13.1 Å². The van der Waals surface area contributed by atoms with Crippen LogP contribution in [0.25, 0.3) is 0 Å². The second kappa shape index (κ2) is 4.51. The van der Waals surface area contributed by atoms with Crippen LogP contribution in [0.3, 0.4) is 0 Å². The first-order valence-electron chi connectivity index (χ1n) is 5.44.